The Hall–Kier alpha value is -0.0800. The van der Waals surface area contributed by atoms with Crippen molar-refractivity contribution >= 4 is 0 Å². The van der Waals surface area contributed by atoms with E-state index in [-0.39, 0.29) is 0 Å². The van der Waals surface area contributed by atoms with Gasteiger partial charge in [-0.25, -0.2) is 0 Å². The zero-order chi connectivity index (χ0) is 11.4. The molecule has 0 aromatic heterocycles. The molecule has 94 valence electrons. The summed E-state index contributed by atoms with van der Waals surface area (Å²) >= 11 is 0. The molecule has 0 radical (unpaired) electrons. The van der Waals surface area contributed by atoms with Gasteiger partial charge in [0.2, 0.25) is 0 Å². The van der Waals surface area contributed by atoms with Gasteiger partial charge in [-0.3, -0.25) is 0 Å². The van der Waals surface area contributed by atoms with Gasteiger partial charge in [-0.1, -0.05) is 19.8 Å². The molecule has 0 amide bonds. The summed E-state index contributed by atoms with van der Waals surface area (Å²) in [5, 5.41) is 3.66. The lowest BCUT2D eigenvalue weighted by atomic mass is 9.91. The Morgan fingerprint density at radius 2 is 1.81 bits per heavy atom. The van der Waals surface area contributed by atoms with Crippen molar-refractivity contribution in [2.24, 2.45) is 5.92 Å². The number of piperidine rings is 1. The van der Waals surface area contributed by atoms with Crippen LogP contribution in [0.2, 0.25) is 0 Å². The number of nitrogens with one attached hydrogen (secondary N) is 1. The van der Waals surface area contributed by atoms with Crippen molar-refractivity contribution in [2.75, 3.05) is 20.1 Å². The quantitative estimate of drug-likeness (QED) is 0.698. The number of hydrogen-bond acceptors (Lipinski definition) is 2. The van der Waals surface area contributed by atoms with Gasteiger partial charge in [-0.05, 0) is 58.2 Å². The molecule has 2 bridgehead atoms. The molecule has 2 heterocycles. The molecule has 0 aliphatic carbocycles. The van der Waals surface area contributed by atoms with Crippen LogP contribution in [0.3, 0.4) is 0 Å². The summed E-state index contributed by atoms with van der Waals surface area (Å²) in [5.41, 5.74) is 0. The molecule has 2 saturated heterocycles. The summed E-state index contributed by atoms with van der Waals surface area (Å²) in [6.45, 7) is 4.77. The van der Waals surface area contributed by atoms with Crippen LogP contribution in [0.1, 0.15) is 51.9 Å². The molecule has 0 aromatic rings. The second-order valence-electron chi connectivity index (χ2n) is 5.80. The smallest absolute Gasteiger partial charge is 0.00988 e. The minimum absolute atomic E-state index is 0.904. The summed E-state index contributed by atoms with van der Waals surface area (Å²) in [4.78, 5) is 2.63. The molecule has 2 aliphatic rings. The monoisotopic (exact) mass is 224 g/mol. The van der Waals surface area contributed by atoms with Crippen molar-refractivity contribution in [1.82, 2.24) is 10.2 Å². The number of fused-ring (bicyclic) bond motifs is 2. The SMILES string of the molecule is CCCCCNCC1CC2CCC(C1)N2C. The molecular weight excluding hydrogens is 196 g/mol. The van der Waals surface area contributed by atoms with Gasteiger partial charge in [0.1, 0.15) is 0 Å². The largest absolute Gasteiger partial charge is 0.316 e. The molecule has 16 heavy (non-hydrogen) atoms. The predicted octanol–water partition coefficient (Wildman–Crippen LogP) is 2.64. The van der Waals surface area contributed by atoms with Crippen LogP contribution in [0, 0.1) is 5.92 Å². The van der Waals surface area contributed by atoms with Crippen LogP contribution in [-0.2, 0) is 0 Å². The molecule has 2 fully saturated rings. The molecule has 2 unspecified atom stereocenters. The fraction of sp³-hybridized carbons (Fsp3) is 1.00. The Labute approximate surface area is 101 Å². The van der Waals surface area contributed by atoms with Gasteiger partial charge in [0.15, 0.2) is 0 Å². The van der Waals surface area contributed by atoms with E-state index in [1.807, 2.05) is 0 Å². The topological polar surface area (TPSA) is 15.3 Å². The number of rotatable bonds is 6. The summed E-state index contributed by atoms with van der Waals surface area (Å²) in [6.07, 6.45) is 9.85. The van der Waals surface area contributed by atoms with E-state index < -0.39 is 0 Å². The highest BCUT2D eigenvalue weighted by atomic mass is 15.2. The second kappa shape index (κ2) is 6.02. The molecule has 0 saturated carbocycles. The highest BCUT2D eigenvalue weighted by molar-refractivity contribution is 4.93. The normalized spacial score (nSPS) is 34.5. The highest BCUT2D eigenvalue weighted by Crippen LogP contribution is 2.36. The molecule has 0 spiro atoms. The first kappa shape index (κ1) is 12.4. The van der Waals surface area contributed by atoms with Gasteiger partial charge in [0.25, 0.3) is 0 Å². The summed E-state index contributed by atoms with van der Waals surface area (Å²) in [5.74, 6) is 0.954. The first-order chi connectivity index (χ1) is 7.81. The molecule has 2 atom stereocenters. The third kappa shape index (κ3) is 2.98. The fourth-order valence-corrected chi connectivity index (χ4v) is 3.50. The van der Waals surface area contributed by atoms with Gasteiger partial charge in [0.05, 0.1) is 0 Å². The van der Waals surface area contributed by atoms with Crippen molar-refractivity contribution in [3.8, 4) is 0 Å². The minimum atomic E-state index is 0.904. The Kier molecular flexibility index (Phi) is 4.66. The number of nitrogens with zero attached hydrogens (tertiary/aromatic N) is 1. The molecule has 1 N–H and O–H groups in total. The van der Waals surface area contributed by atoms with Crippen molar-refractivity contribution in [2.45, 2.75) is 64.0 Å². The fourth-order valence-electron chi connectivity index (χ4n) is 3.50. The van der Waals surface area contributed by atoms with E-state index in [0.717, 1.165) is 18.0 Å². The molecule has 2 nitrogen and oxygen atoms in total. The van der Waals surface area contributed by atoms with Crippen LogP contribution in [-0.4, -0.2) is 37.1 Å². The maximum atomic E-state index is 3.66. The minimum Gasteiger partial charge on any atom is -0.316 e. The average Bonchev–Trinajstić information content (AvgIpc) is 2.54. The van der Waals surface area contributed by atoms with Gasteiger partial charge >= 0.3 is 0 Å². The standard InChI is InChI=1S/C14H28N2/c1-3-4-5-8-15-11-12-9-13-6-7-14(10-12)16(13)2/h12-15H,3-11H2,1-2H3. The van der Waals surface area contributed by atoms with Crippen LogP contribution in [0.15, 0.2) is 0 Å². The lowest BCUT2D eigenvalue weighted by Crippen LogP contribution is -2.42. The third-order valence-corrected chi connectivity index (χ3v) is 4.59. The second-order valence-corrected chi connectivity index (χ2v) is 5.80. The highest BCUT2D eigenvalue weighted by Gasteiger charge is 2.37. The maximum absolute atomic E-state index is 3.66. The van der Waals surface area contributed by atoms with E-state index >= 15 is 0 Å². The van der Waals surface area contributed by atoms with E-state index in [1.165, 1.54) is 58.0 Å². The van der Waals surface area contributed by atoms with Gasteiger partial charge in [0, 0.05) is 12.1 Å². The van der Waals surface area contributed by atoms with Crippen LogP contribution in [0.5, 0.6) is 0 Å². The molecule has 2 rings (SSSR count). The zero-order valence-electron chi connectivity index (χ0n) is 11.0. The van der Waals surface area contributed by atoms with Crippen LogP contribution in [0.25, 0.3) is 0 Å². The Balaban J connectivity index is 1.61. The first-order valence-electron chi connectivity index (χ1n) is 7.24. The van der Waals surface area contributed by atoms with Crippen molar-refractivity contribution in [1.29, 1.82) is 0 Å². The molecular formula is C14H28N2. The van der Waals surface area contributed by atoms with E-state index in [1.54, 1.807) is 0 Å². The Morgan fingerprint density at radius 3 is 2.44 bits per heavy atom. The van der Waals surface area contributed by atoms with Crippen LogP contribution in [0.4, 0.5) is 0 Å². The van der Waals surface area contributed by atoms with Gasteiger partial charge < -0.3 is 10.2 Å². The zero-order valence-corrected chi connectivity index (χ0v) is 11.0. The lowest BCUT2D eigenvalue weighted by molar-refractivity contribution is 0.133. The maximum Gasteiger partial charge on any atom is 0.00988 e. The van der Waals surface area contributed by atoms with Crippen molar-refractivity contribution in [3.05, 3.63) is 0 Å². The number of unbranched alkanes of at least 4 members (excludes halogenated alkanes) is 2. The average molecular weight is 224 g/mol. The van der Waals surface area contributed by atoms with E-state index in [2.05, 4.69) is 24.2 Å². The van der Waals surface area contributed by atoms with Crippen LogP contribution < -0.4 is 5.32 Å². The van der Waals surface area contributed by atoms with Gasteiger partial charge in [-0.15, -0.1) is 0 Å². The van der Waals surface area contributed by atoms with E-state index in [4.69, 9.17) is 0 Å². The van der Waals surface area contributed by atoms with Crippen molar-refractivity contribution < 1.29 is 0 Å². The van der Waals surface area contributed by atoms with E-state index in [0.29, 0.717) is 0 Å². The summed E-state index contributed by atoms with van der Waals surface area (Å²) < 4.78 is 0. The summed E-state index contributed by atoms with van der Waals surface area (Å²) in [7, 11) is 2.33. The number of hydrogen-bond donors (Lipinski definition) is 1. The third-order valence-electron chi connectivity index (χ3n) is 4.59. The summed E-state index contributed by atoms with van der Waals surface area (Å²) in [6, 6.07) is 1.81. The van der Waals surface area contributed by atoms with E-state index in [9.17, 15) is 0 Å². The van der Waals surface area contributed by atoms with Gasteiger partial charge in [-0.2, -0.15) is 0 Å². The Morgan fingerprint density at radius 1 is 1.12 bits per heavy atom. The van der Waals surface area contributed by atoms with Crippen molar-refractivity contribution in [3.63, 3.8) is 0 Å². The predicted molar refractivity (Wildman–Crippen MR) is 69.7 cm³/mol. The lowest BCUT2D eigenvalue weighted by Gasteiger charge is -2.36. The molecule has 0 aromatic carbocycles. The first-order valence-corrected chi connectivity index (χ1v) is 7.24. The van der Waals surface area contributed by atoms with Crippen LogP contribution >= 0.6 is 0 Å². The molecule has 2 aliphatic heterocycles. The Bertz CT molecular complexity index is 191. The molecule has 2 heteroatoms.